The van der Waals surface area contributed by atoms with Crippen LogP contribution >= 0.6 is 0 Å². The number of rotatable bonds is 3. The minimum absolute atomic E-state index is 0.0794. The van der Waals surface area contributed by atoms with E-state index in [0.717, 1.165) is 44.7 Å². The zero-order valence-corrected chi connectivity index (χ0v) is 14.1. The van der Waals surface area contributed by atoms with E-state index in [1.165, 1.54) is 24.9 Å². The Bertz CT molecular complexity index is 502. The first-order chi connectivity index (χ1) is 11.2. The maximum atomic E-state index is 12.1. The smallest absolute Gasteiger partial charge is 0.319 e. The summed E-state index contributed by atoms with van der Waals surface area (Å²) in [7, 11) is 2.16. The van der Waals surface area contributed by atoms with Crippen LogP contribution in [-0.4, -0.2) is 50.2 Å². The molecule has 0 aromatic heterocycles. The van der Waals surface area contributed by atoms with E-state index in [0.29, 0.717) is 6.04 Å². The summed E-state index contributed by atoms with van der Waals surface area (Å²) in [6.07, 6.45) is 5.97. The molecule has 5 heteroatoms. The van der Waals surface area contributed by atoms with Crippen LogP contribution in [0.3, 0.4) is 0 Å². The number of nitrogens with zero attached hydrogens (tertiary/aromatic N) is 2. The molecular weight excluding hydrogens is 288 g/mol. The summed E-state index contributed by atoms with van der Waals surface area (Å²) in [5, 5.41) is 6.03. The van der Waals surface area contributed by atoms with Gasteiger partial charge in [0.25, 0.3) is 0 Å². The molecule has 1 saturated heterocycles. The number of anilines is 2. The average molecular weight is 316 g/mol. The molecule has 0 bridgehead atoms. The first-order valence-corrected chi connectivity index (χ1v) is 8.82. The highest BCUT2D eigenvalue weighted by Gasteiger charge is 2.16. The summed E-state index contributed by atoms with van der Waals surface area (Å²) in [5.41, 5.74) is 2.09. The monoisotopic (exact) mass is 316 g/mol. The van der Waals surface area contributed by atoms with E-state index in [2.05, 4.69) is 39.6 Å². The van der Waals surface area contributed by atoms with Crippen molar-refractivity contribution in [2.75, 3.05) is 43.4 Å². The van der Waals surface area contributed by atoms with Gasteiger partial charge < -0.3 is 20.4 Å². The molecule has 1 aliphatic heterocycles. The lowest BCUT2D eigenvalue weighted by molar-refractivity contribution is 0.244. The number of benzene rings is 1. The lowest BCUT2D eigenvalue weighted by Crippen LogP contribution is -2.44. The van der Waals surface area contributed by atoms with Crippen molar-refractivity contribution in [1.82, 2.24) is 10.2 Å². The number of urea groups is 1. The normalized spacial score (nSPS) is 20.3. The third kappa shape index (κ3) is 4.61. The third-order valence-corrected chi connectivity index (χ3v) is 4.93. The van der Waals surface area contributed by atoms with Gasteiger partial charge in [-0.05, 0) is 44.2 Å². The van der Waals surface area contributed by atoms with Gasteiger partial charge in [-0.3, -0.25) is 0 Å². The fourth-order valence-electron chi connectivity index (χ4n) is 3.42. The van der Waals surface area contributed by atoms with Crippen molar-refractivity contribution in [3.05, 3.63) is 24.3 Å². The molecule has 1 saturated carbocycles. The predicted octanol–water partition coefficient (Wildman–Crippen LogP) is 2.89. The van der Waals surface area contributed by atoms with E-state index in [9.17, 15) is 4.79 Å². The largest absolute Gasteiger partial charge is 0.369 e. The van der Waals surface area contributed by atoms with Crippen molar-refractivity contribution in [2.24, 2.45) is 0 Å². The molecule has 1 aromatic rings. The van der Waals surface area contributed by atoms with Crippen molar-refractivity contribution >= 4 is 17.4 Å². The van der Waals surface area contributed by atoms with Crippen LogP contribution in [0.15, 0.2) is 24.3 Å². The molecule has 2 amide bonds. The number of carbonyl (C=O) groups excluding carboxylic acids is 1. The number of hydrogen-bond acceptors (Lipinski definition) is 3. The predicted molar refractivity (Wildman–Crippen MR) is 95.2 cm³/mol. The molecule has 2 fully saturated rings. The Labute approximate surface area is 139 Å². The van der Waals surface area contributed by atoms with Gasteiger partial charge in [0, 0.05) is 43.6 Å². The standard InChI is InChI=1S/C18H28N4O/c1-21-11-13-22(14-12-21)17-9-7-16(8-10-17)20-18(23)19-15-5-3-2-4-6-15/h7-10,15H,2-6,11-14H2,1H3,(H2,19,20,23). The van der Waals surface area contributed by atoms with Crippen LogP contribution in [0.2, 0.25) is 0 Å². The topological polar surface area (TPSA) is 47.6 Å². The molecule has 3 rings (SSSR count). The number of amides is 2. The minimum Gasteiger partial charge on any atom is -0.369 e. The van der Waals surface area contributed by atoms with E-state index in [-0.39, 0.29) is 6.03 Å². The van der Waals surface area contributed by atoms with Gasteiger partial charge in [0.15, 0.2) is 0 Å². The second-order valence-electron chi connectivity index (χ2n) is 6.77. The average Bonchev–Trinajstić information content (AvgIpc) is 2.57. The van der Waals surface area contributed by atoms with Crippen LogP contribution in [0.25, 0.3) is 0 Å². The molecule has 1 aliphatic carbocycles. The van der Waals surface area contributed by atoms with Crippen molar-refractivity contribution in [3.8, 4) is 0 Å². The van der Waals surface area contributed by atoms with E-state index in [1.54, 1.807) is 0 Å². The molecule has 0 atom stereocenters. The van der Waals surface area contributed by atoms with Gasteiger partial charge in [-0.1, -0.05) is 19.3 Å². The molecule has 0 radical (unpaired) electrons. The summed E-state index contributed by atoms with van der Waals surface area (Å²) in [6.45, 7) is 4.32. The van der Waals surface area contributed by atoms with Crippen LogP contribution in [0, 0.1) is 0 Å². The lowest BCUT2D eigenvalue weighted by Gasteiger charge is -2.34. The molecule has 1 heterocycles. The van der Waals surface area contributed by atoms with Crippen LogP contribution in [0.4, 0.5) is 16.2 Å². The number of likely N-dealkylation sites (N-methyl/N-ethyl adjacent to an activating group) is 1. The van der Waals surface area contributed by atoms with Crippen LogP contribution in [-0.2, 0) is 0 Å². The first kappa shape index (κ1) is 16.1. The Balaban J connectivity index is 1.49. The summed E-state index contributed by atoms with van der Waals surface area (Å²) in [4.78, 5) is 16.8. The summed E-state index contributed by atoms with van der Waals surface area (Å²) < 4.78 is 0. The SMILES string of the molecule is CN1CCN(c2ccc(NC(=O)NC3CCCCC3)cc2)CC1. The van der Waals surface area contributed by atoms with Crippen LogP contribution in [0.5, 0.6) is 0 Å². The lowest BCUT2D eigenvalue weighted by atomic mass is 9.96. The zero-order chi connectivity index (χ0) is 16.1. The van der Waals surface area contributed by atoms with Gasteiger partial charge in [-0.15, -0.1) is 0 Å². The van der Waals surface area contributed by atoms with Gasteiger partial charge in [0.2, 0.25) is 0 Å². The Morgan fingerprint density at radius 3 is 2.30 bits per heavy atom. The van der Waals surface area contributed by atoms with Gasteiger partial charge >= 0.3 is 6.03 Å². The zero-order valence-electron chi connectivity index (χ0n) is 14.1. The third-order valence-electron chi connectivity index (χ3n) is 4.93. The Morgan fingerprint density at radius 2 is 1.65 bits per heavy atom. The van der Waals surface area contributed by atoms with E-state index in [4.69, 9.17) is 0 Å². The Morgan fingerprint density at radius 1 is 1.00 bits per heavy atom. The molecule has 0 unspecified atom stereocenters. The van der Waals surface area contributed by atoms with Crippen molar-refractivity contribution in [3.63, 3.8) is 0 Å². The molecule has 23 heavy (non-hydrogen) atoms. The van der Waals surface area contributed by atoms with Gasteiger partial charge in [-0.2, -0.15) is 0 Å². The summed E-state index contributed by atoms with van der Waals surface area (Å²) in [5.74, 6) is 0. The molecule has 2 N–H and O–H groups in total. The fourth-order valence-corrected chi connectivity index (χ4v) is 3.42. The minimum atomic E-state index is -0.0794. The van der Waals surface area contributed by atoms with Crippen molar-refractivity contribution in [1.29, 1.82) is 0 Å². The van der Waals surface area contributed by atoms with Crippen LogP contribution in [0.1, 0.15) is 32.1 Å². The van der Waals surface area contributed by atoms with Crippen LogP contribution < -0.4 is 15.5 Å². The number of piperazine rings is 1. The molecule has 1 aromatic carbocycles. The maximum absolute atomic E-state index is 12.1. The summed E-state index contributed by atoms with van der Waals surface area (Å²) >= 11 is 0. The fraction of sp³-hybridized carbons (Fsp3) is 0.611. The molecule has 2 aliphatic rings. The van der Waals surface area contributed by atoms with Gasteiger partial charge in [0.1, 0.15) is 0 Å². The van der Waals surface area contributed by atoms with Gasteiger partial charge in [-0.25, -0.2) is 4.79 Å². The molecule has 126 valence electrons. The second-order valence-corrected chi connectivity index (χ2v) is 6.77. The van der Waals surface area contributed by atoms with E-state index in [1.807, 2.05) is 12.1 Å². The van der Waals surface area contributed by atoms with Crippen molar-refractivity contribution < 1.29 is 4.79 Å². The Hall–Kier alpha value is -1.75. The number of hydrogen-bond donors (Lipinski definition) is 2. The summed E-state index contributed by atoms with van der Waals surface area (Å²) in [6, 6.07) is 8.45. The maximum Gasteiger partial charge on any atom is 0.319 e. The molecular formula is C18H28N4O. The van der Waals surface area contributed by atoms with Crippen molar-refractivity contribution in [2.45, 2.75) is 38.1 Å². The number of carbonyl (C=O) groups is 1. The molecule has 5 nitrogen and oxygen atoms in total. The quantitative estimate of drug-likeness (QED) is 0.901. The van der Waals surface area contributed by atoms with Gasteiger partial charge in [0.05, 0.1) is 0 Å². The first-order valence-electron chi connectivity index (χ1n) is 8.82. The van der Waals surface area contributed by atoms with E-state index < -0.39 is 0 Å². The van der Waals surface area contributed by atoms with E-state index >= 15 is 0 Å². The second kappa shape index (κ2) is 7.68. The molecule has 0 spiro atoms. The highest BCUT2D eigenvalue weighted by molar-refractivity contribution is 5.89. The number of nitrogens with one attached hydrogen (secondary N) is 2. The highest BCUT2D eigenvalue weighted by atomic mass is 16.2. The Kier molecular flexibility index (Phi) is 5.39. The highest BCUT2D eigenvalue weighted by Crippen LogP contribution is 2.20.